The molecule has 10 nitrogen and oxygen atoms in total. The fourth-order valence-corrected chi connectivity index (χ4v) is 6.54. The molecule has 0 fully saturated rings. The zero-order valence-electron chi connectivity index (χ0n) is 33.7. The standard InChI is InChI=1S/C42H79O10P/c1-3-5-7-9-11-13-15-17-19-21-23-25-27-29-31-33-41(45)49-37-40(38-51-53(47,48)50-36-39(44)35-43)52-42(46)34-32-30-28-26-24-22-20-18-16-14-12-10-8-6-4-2/h13,15,18,20,39-40,43-44H,3-12,14,16-17,19,21-38H2,1-2H3,(H,47,48). The molecular weight excluding hydrogens is 695 g/mol. The van der Waals surface area contributed by atoms with E-state index in [4.69, 9.17) is 19.1 Å². The molecule has 3 N–H and O–H groups in total. The maximum atomic E-state index is 12.6. The molecular formula is C42H79O10P. The first-order valence-corrected chi connectivity index (χ1v) is 22.8. The predicted octanol–water partition coefficient (Wildman–Crippen LogP) is 11.0. The van der Waals surface area contributed by atoms with Crippen LogP contribution >= 0.6 is 7.82 Å². The summed E-state index contributed by atoms with van der Waals surface area (Å²) in [6, 6.07) is 0. The Labute approximate surface area is 323 Å². The Hall–Kier alpha value is -1.55. The summed E-state index contributed by atoms with van der Waals surface area (Å²) in [6.45, 7) is 2.35. The summed E-state index contributed by atoms with van der Waals surface area (Å²) < 4.78 is 32.7. The highest BCUT2D eigenvalue weighted by atomic mass is 31.2. The fraction of sp³-hybridized carbons (Fsp3) is 0.857. The SMILES string of the molecule is CCCCCCC=CCCCCCCCCCC(=O)OCC(COP(=O)(O)OCC(O)CO)OC(=O)CCCCCCCC=CCCCCCCCC. The van der Waals surface area contributed by atoms with Gasteiger partial charge in [-0.1, -0.05) is 141 Å². The van der Waals surface area contributed by atoms with Crippen LogP contribution in [0.2, 0.25) is 0 Å². The lowest BCUT2D eigenvalue weighted by Gasteiger charge is -2.20. The summed E-state index contributed by atoms with van der Waals surface area (Å²) in [5.41, 5.74) is 0. The minimum absolute atomic E-state index is 0.175. The first-order valence-electron chi connectivity index (χ1n) is 21.3. The molecule has 0 aromatic heterocycles. The minimum Gasteiger partial charge on any atom is -0.462 e. The van der Waals surface area contributed by atoms with Crippen LogP contribution in [0.5, 0.6) is 0 Å². The number of esters is 2. The highest BCUT2D eigenvalue weighted by Gasteiger charge is 2.27. The van der Waals surface area contributed by atoms with E-state index in [2.05, 4.69) is 42.7 Å². The van der Waals surface area contributed by atoms with Gasteiger partial charge in [-0.3, -0.25) is 18.6 Å². The van der Waals surface area contributed by atoms with Crippen LogP contribution in [-0.2, 0) is 32.7 Å². The number of phosphoric ester groups is 1. The smallest absolute Gasteiger partial charge is 0.462 e. The quantitative estimate of drug-likeness (QED) is 0.0238. The van der Waals surface area contributed by atoms with Gasteiger partial charge in [0.1, 0.15) is 12.7 Å². The second kappa shape index (κ2) is 38.7. The van der Waals surface area contributed by atoms with E-state index in [0.717, 1.165) is 64.2 Å². The molecule has 0 radical (unpaired) electrons. The normalized spacial score (nSPS) is 14.1. The van der Waals surface area contributed by atoms with Gasteiger partial charge in [0.25, 0.3) is 0 Å². The largest absolute Gasteiger partial charge is 0.472 e. The second-order valence-electron chi connectivity index (χ2n) is 14.4. The Morgan fingerprint density at radius 1 is 0.547 bits per heavy atom. The van der Waals surface area contributed by atoms with Gasteiger partial charge in [0, 0.05) is 12.8 Å². The van der Waals surface area contributed by atoms with Crippen LogP contribution < -0.4 is 0 Å². The molecule has 53 heavy (non-hydrogen) atoms. The Kier molecular flexibility index (Phi) is 37.6. The van der Waals surface area contributed by atoms with Crippen molar-refractivity contribution < 1.29 is 47.8 Å². The number of aliphatic hydroxyl groups excluding tert-OH is 2. The topological polar surface area (TPSA) is 149 Å². The number of allylic oxidation sites excluding steroid dienone is 4. The molecule has 0 bridgehead atoms. The Bertz CT molecular complexity index is 941. The van der Waals surface area contributed by atoms with E-state index in [-0.39, 0.29) is 19.4 Å². The van der Waals surface area contributed by atoms with Crippen molar-refractivity contribution in [2.24, 2.45) is 0 Å². The molecule has 0 aromatic carbocycles. The average molecular weight is 775 g/mol. The maximum absolute atomic E-state index is 12.6. The summed E-state index contributed by atoms with van der Waals surface area (Å²) in [4.78, 5) is 34.9. The number of unbranched alkanes of at least 4 members (excludes halogenated alkanes) is 22. The number of phosphoric acid groups is 1. The van der Waals surface area contributed by atoms with Crippen molar-refractivity contribution in [3.8, 4) is 0 Å². The lowest BCUT2D eigenvalue weighted by Crippen LogP contribution is -2.29. The van der Waals surface area contributed by atoms with E-state index < -0.39 is 51.8 Å². The molecule has 11 heteroatoms. The van der Waals surface area contributed by atoms with E-state index in [1.165, 1.54) is 89.9 Å². The highest BCUT2D eigenvalue weighted by Crippen LogP contribution is 2.43. The van der Waals surface area contributed by atoms with Gasteiger partial charge in [0.05, 0.1) is 19.8 Å². The van der Waals surface area contributed by atoms with Crippen LogP contribution in [0.1, 0.15) is 194 Å². The number of ether oxygens (including phenoxy) is 2. The number of carbonyl (C=O) groups excluding carboxylic acids is 2. The molecule has 0 aliphatic heterocycles. The third kappa shape index (κ3) is 38.5. The summed E-state index contributed by atoms with van der Waals surface area (Å²) in [5, 5.41) is 18.3. The van der Waals surface area contributed by atoms with Crippen molar-refractivity contribution in [2.45, 2.75) is 206 Å². The number of carbonyl (C=O) groups is 2. The Balaban J connectivity index is 4.32. The minimum atomic E-state index is -4.62. The highest BCUT2D eigenvalue weighted by molar-refractivity contribution is 7.47. The second-order valence-corrected chi connectivity index (χ2v) is 15.8. The molecule has 0 aromatic rings. The third-order valence-electron chi connectivity index (χ3n) is 9.08. The van der Waals surface area contributed by atoms with Crippen molar-refractivity contribution in [1.82, 2.24) is 0 Å². The molecule has 0 saturated heterocycles. The van der Waals surface area contributed by atoms with Crippen LogP contribution in [0.3, 0.4) is 0 Å². The van der Waals surface area contributed by atoms with Crippen molar-refractivity contribution in [2.75, 3.05) is 26.4 Å². The molecule has 0 spiro atoms. The van der Waals surface area contributed by atoms with Gasteiger partial charge in [-0.2, -0.15) is 0 Å². The maximum Gasteiger partial charge on any atom is 0.472 e. The fourth-order valence-electron chi connectivity index (χ4n) is 5.75. The summed E-state index contributed by atoms with van der Waals surface area (Å²) >= 11 is 0. The molecule has 0 amide bonds. The van der Waals surface area contributed by atoms with E-state index in [0.29, 0.717) is 12.8 Å². The zero-order chi connectivity index (χ0) is 39.1. The first kappa shape index (κ1) is 51.5. The van der Waals surface area contributed by atoms with Crippen LogP contribution in [0.4, 0.5) is 0 Å². The van der Waals surface area contributed by atoms with E-state index >= 15 is 0 Å². The van der Waals surface area contributed by atoms with Crippen LogP contribution in [0.15, 0.2) is 24.3 Å². The summed E-state index contributed by atoms with van der Waals surface area (Å²) in [7, 11) is -4.62. The Morgan fingerprint density at radius 2 is 0.925 bits per heavy atom. The van der Waals surface area contributed by atoms with Crippen molar-refractivity contribution in [3.05, 3.63) is 24.3 Å². The molecule has 0 rings (SSSR count). The van der Waals surface area contributed by atoms with Gasteiger partial charge >= 0.3 is 19.8 Å². The van der Waals surface area contributed by atoms with Gasteiger partial charge in [-0.15, -0.1) is 0 Å². The lowest BCUT2D eigenvalue weighted by molar-refractivity contribution is -0.161. The average Bonchev–Trinajstić information content (AvgIpc) is 3.14. The van der Waals surface area contributed by atoms with Crippen molar-refractivity contribution >= 4 is 19.8 Å². The van der Waals surface area contributed by atoms with Crippen LogP contribution in [0.25, 0.3) is 0 Å². The van der Waals surface area contributed by atoms with Crippen molar-refractivity contribution in [1.29, 1.82) is 0 Å². The number of hydrogen-bond donors (Lipinski definition) is 3. The predicted molar refractivity (Wildman–Crippen MR) is 215 cm³/mol. The van der Waals surface area contributed by atoms with E-state index in [9.17, 15) is 24.2 Å². The number of rotatable bonds is 40. The first-order chi connectivity index (χ1) is 25.7. The summed E-state index contributed by atoms with van der Waals surface area (Å²) in [5.74, 6) is -0.936. The summed E-state index contributed by atoms with van der Waals surface area (Å²) in [6.07, 6.45) is 37.1. The molecule has 3 unspecified atom stereocenters. The molecule has 312 valence electrons. The Morgan fingerprint density at radius 3 is 1.38 bits per heavy atom. The monoisotopic (exact) mass is 775 g/mol. The molecule has 0 saturated carbocycles. The number of aliphatic hydroxyl groups is 2. The number of hydrogen-bond acceptors (Lipinski definition) is 9. The van der Waals surface area contributed by atoms with Crippen LogP contribution in [0, 0.1) is 0 Å². The molecule has 0 aliphatic carbocycles. The molecule has 0 heterocycles. The van der Waals surface area contributed by atoms with E-state index in [1.54, 1.807) is 0 Å². The van der Waals surface area contributed by atoms with Gasteiger partial charge < -0.3 is 24.6 Å². The lowest BCUT2D eigenvalue weighted by atomic mass is 10.1. The van der Waals surface area contributed by atoms with Gasteiger partial charge in [0.2, 0.25) is 0 Å². The third-order valence-corrected chi connectivity index (χ3v) is 10.0. The van der Waals surface area contributed by atoms with Crippen LogP contribution in [-0.4, -0.2) is 65.7 Å². The molecule has 3 atom stereocenters. The van der Waals surface area contributed by atoms with Gasteiger partial charge in [-0.25, -0.2) is 4.57 Å². The van der Waals surface area contributed by atoms with Gasteiger partial charge in [-0.05, 0) is 64.2 Å². The van der Waals surface area contributed by atoms with Gasteiger partial charge in [0.15, 0.2) is 6.10 Å². The van der Waals surface area contributed by atoms with E-state index in [1.807, 2.05) is 0 Å². The van der Waals surface area contributed by atoms with Crippen molar-refractivity contribution in [3.63, 3.8) is 0 Å². The zero-order valence-corrected chi connectivity index (χ0v) is 34.6. The molecule has 0 aliphatic rings.